The first-order valence-corrected chi connectivity index (χ1v) is 7.10. The summed E-state index contributed by atoms with van der Waals surface area (Å²) < 4.78 is 5.68. The molecule has 2 nitrogen and oxygen atoms in total. The van der Waals surface area contributed by atoms with Gasteiger partial charge in [0, 0.05) is 4.90 Å². The first-order valence-electron chi connectivity index (χ1n) is 5.50. The third-order valence-corrected chi connectivity index (χ3v) is 3.61. The van der Waals surface area contributed by atoms with Crippen molar-refractivity contribution in [3.05, 3.63) is 53.1 Å². The molecule has 0 aliphatic carbocycles. The molecule has 2 rings (SSSR count). The van der Waals surface area contributed by atoms with E-state index < -0.39 is 0 Å². The molecular formula is C14H14ClNOS. The summed E-state index contributed by atoms with van der Waals surface area (Å²) in [5.74, 6) is 0.848. The van der Waals surface area contributed by atoms with Crippen molar-refractivity contribution in [1.82, 2.24) is 0 Å². The van der Waals surface area contributed by atoms with E-state index >= 15 is 0 Å². The summed E-state index contributed by atoms with van der Waals surface area (Å²) in [6, 6.07) is 13.5. The number of nitrogens with two attached hydrogens (primary N) is 1. The molecule has 0 aliphatic heterocycles. The summed E-state index contributed by atoms with van der Waals surface area (Å²) in [6.45, 7) is 0.486. The summed E-state index contributed by atoms with van der Waals surface area (Å²) in [7, 11) is 0. The van der Waals surface area contributed by atoms with Crippen LogP contribution in [0.5, 0.6) is 5.75 Å². The standard InChI is InChI=1S/C14H14ClNOS/c1-18-12-5-3-11(4-6-12)17-9-10-2-7-13(15)14(16)8-10/h2-8H,9,16H2,1H3. The monoisotopic (exact) mass is 279 g/mol. The zero-order valence-corrected chi connectivity index (χ0v) is 11.6. The Morgan fingerprint density at radius 2 is 1.89 bits per heavy atom. The maximum atomic E-state index is 5.86. The van der Waals surface area contributed by atoms with E-state index in [-0.39, 0.29) is 0 Å². The van der Waals surface area contributed by atoms with Gasteiger partial charge < -0.3 is 10.5 Å². The summed E-state index contributed by atoms with van der Waals surface area (Å²) >= 11 is 7.57. The van der Waals surface area contributed by atoms with Crippen molar-refractivity contribution in [3.63, 3.8) is 0 Å². The molecule has 0 unspecified atom stereocenters. The highest BCUT2D eigenvalue weighted by molar-refractivity contribution is 7.98. The van der Waals surface area contributed by atoms with Gasteiger partial charge in [-0.05, 0) is 48.2 Å². The van der Waals surface area contributed by atoms with Crippen LogP contribution < -0.4 is 10.5 Å². The highest BCUT2D eigenvalue weighted by Gasteiger charge is 2.00. The van der Waals surface area contributed by atoms with Crippen LogP contribution in [0.15, 0.2) is 47.4 Å². The molecule has 0 atom stereocenters. The van der Waals surface area contributed by atoms with Crippen LogP contribution in [-0.4, -0.2) is 6.26 Å². The minimum absolute atomic E-state index is 0.486. The highest BCUT2D eigenvalue weighted by atomic mass is 35.5. The van der Waals surface area contributed by atoms with Gasteiger partial charge in [-0.15, -0.1) is 11.8 Å². The van der Waals surface area contributed by atoms with Gasteiger partial charge in [0.15, 0.2) is 0 Å². The van der Waals surface area contributed by atoms with Crippen LogP contribution in [0.25, 0.3) is 0 Å². The molecule has 0 amide bonds. The second kappa shape index (κ2) is 6.03. The second-order valence-electron chi connectivity index (χ2n) is 3.82. The average molecular weight is 280 g/mol. The molecule has 2 N–H and O–H groups in total. The molecule has 0 saturated carbocycles. The Kier molecular flexibility index (Phi) is 4.39. The minimum Gasteiger partial charge on any atom is -0.489 e. The van der Waals surface area contributed by atoms with E-state index in [1.807, 2.05) is 42.7 Å². The zero-order chi connectivity index (χ0) is 13.0. The number of thioether (sulfide) groups is 1. The van der Waals surface area contributed by atoms with E-state index in [1.54, 1.807) is 17.8 Å². The van der Waals surface area contributed by atoms with E-state index in [1.165, 1.54) is 4.90 Å². The fraction of sp³-hybridized carbons (Fsp3) is 0.143. The molecule has 2 aromatic rings. The number of rotatable bonds is 4. The van der Waals surface area contributed by atoms with E-state index in [0.29, 0.717) is 17.3 Å². The number of hydrogen-bond donors (Lipinski definition) is 1. The summed E-state index contributed by atoms with van der Waals surface area (Å²) in [6.07, 6.45) is 2.05. The molecule has 0 saturated heterocycles. The molecule has 0 aliphatic rings. The Morgan fingerprint density at radius 1 is 1.17 bits per heavy atom. The van der Waals surface area contributed by atoms with E-state index in [0.717, 1.165) is 11.3 Å². The lowest BCUT2D eigenvalue weighted by molar-refractivity contribution is 0.306. The zero-order valence-electron chi connectivity index (χ0n) is 10.0. The first-order chi connectivity index (χ1) is 8.69. The van der Waals surface area contributed by atoms with E-state index in [9.17, 15) is 0 Å². The van der Waals surface area contributed by atoms with Gasteiger partial charge in [0.25, 0.3) is 0 Å². The van der Waals surface area contributed by atoms with Gasteiger partial charge in [0.05, 0.1) is 10.7 Å². The third-order valence-electron chi connectivity index (χ3n) is 2.53. The molecule has 0 fully saturated rings. The number of ether oxygens (including phenoxy) is 1. The van der Waals surface area contributed by atoms with Crippen molar-refractivity contribution < 1.29 is 4.74 Å². The van der Waals surface area contributed by atoms with Gasteiger partial charge in [-0.2, -0.15) is 0 Å². The molecule has 18 heavy (non-hydrogen) atoms. The second-order valence-corrected chi connectivity index (χ2v) is 5.11. The first kappa shape index (κ1) is 13.1. The lowest BCUT2D eigenvalue weighted by atomic mass is 10.2. The highest BCUT2D eigenvalue weighted by Crippen LogP contribution is 2.22. The van der Waals surface area contributed by atoms with Crippen LogP contribution in [0.3, 0.4) is 0 Å². The fourth-order valence-electron chi connectivity index (χ4n) is 1.52. The maximum Gasteiger partial charge on any atom is 0.119 e. The number of hydrogen-bond acceptors (Lipinski definition) is 3. The van der Waals surface area contributed by atoms with Crippen LogP contribution in [-0.2, 0) is 6.61 Å². The molecular weight excluding hydrogens is 266 g/mol. The van der Waals surface area contributed by atoms with Gasteiger partial charge in [-0.25, -0.2) is 0 Å². The smallest absolute Gasteiger partial charge is 0.119 e. The minimum atomic E-state index is 0.486. The van der Waals surface area contributed by atoms with Gasteiger partial charge in [-0.1, -0.05) is 17.7 Å². The third kappa shape index (κ3) is 3.34. The van der Waals surface area contributed by atoms with Crippen molar-refractivity contribution in [1.29, 1.82) is 0 Å². The molecule has 2 aromatic carbocycles. The quantitative estimate of drug-likeness (QED) is 0.672. The molecule has 0 aromatic heterocycles. The lowest BCUT2D eigenvalue weighted by Gasteiger charge is -2.08. The predicted octanol–water partition coefficient (Wildman–Crippen LogP) is 4.22. The molecule has 94 valence electrons. The van der Waals surface area contributed by atoms with Crippen LogP contribution in [0.1, 0.15) is 5.56 Å². The lowest BCUT2D eigenvalue weighted by Crippen LogP contribution is -1.97. The number of halogens is 1. The maximum absolute atomic E-state index is 5.86. The Balaban J connectivity index is 1.99. The van der Waals surface area contributed by atoms with Crippen LogP contribution in [0, 0.1) is 0 Å². The topological polar surface area (TPSA) is 35.2 Å². The van der Waals surface area contributed by atoms with Gasteiger partial charge in [0.1, 0.15) is 12.4 Å². The molecule has 0 radical (unpaired) electrons. The Hall–Kier alpha value is -1.32. The molecule has 0 heterocycles. The molecule has 4 heteroatoms. The number of nitrogen functional groups attached to an aromatic ring is 1. The van der Waals surface area contributed by atoms with Crippen molar-refractivity contribution in [2.24, 2.45) is 0 Å². The predicted molar refractivity (Wildman–Crippen MR) is 78.4 cm³/mol. The number of benzene rings is 2. The summed E-state index contributed by atoms with van der Waals surface area (Å²) in [4.78, 5) is 1.22. The number of anilines is 1. The Labute approximate surface area is 116 Å². The summed E-state index contributed by atoms with van der Waals surface area (Å²) in [5.41, 5.74) is 7.32. The SMILES string of the molecule is CSc1ccc(OCc2ccc(Cl)c(N)c2)cc1. The van der Waals surface area contributed by atoms with Gasteiger partial charge in [0.2, 0.25) is 0 Å². The van der Waals surface area contributed by atoms with Crippen LogP contribution in [0.2, 0.25) is 5.02 Å². The van der Waals surface area contributed by atoms with Crippen molar-refractivity contribution in [2.45, 2.75) is 11.5 Å². The van der Waals surface area contributed by atoms with Gasteiger partial charge >= 0.3 is 0 Å². The van der Waals surface area contributed by atoms with E-state index in [2.05, 4.69) is 0 Å². The van der Waals surface area contributed by atoms with Crippen LogP contribution >= 0.6 is 23.4 Å². The largest absolute Gasteiger partial charge is 0.489 e. The fourth-order valence-corrected chi connectivity index (χ4v) is 2.05. The Bertz CT molecular complexity index is 528. The van der Waals surface area contributed by atoms with Gasteiger partial charge in [-0.3, -0.25) is 0 Å². The molecule has 0 spiro atoms. The van der Waals surface area contributed by atoms with Crippen molar-refractivity contribution >= 4 is 29.1 Å². The average Bonchev–Trinajstić information content (AvgIpc) is 2.41. The molecule has 0 bridgehead atoms. The summed E-state index contributed by atoms with van der Waals surface area (Å²) in [5, 5.41) is 0.572. The van der Waals surface area contributed by atoms with Crippen molar-refractivity contribution in [3.8, 4) is 5.75 Å². The van der Waals surface area contributed by atoms with Crippen LogP contribution in [0.4, 0.5) is 5.69 Å². The van der Waals surface area contributed by atoms with Crippen molar-refractivity contribution in [2.75, 3.05) is 12.0 Å². The van der Waals surface area contributed by atoms with E-state index in [4.69, 9.17) is 22.1 Å². The normalized spacial score (nSPS) is 10.3. The Morgan fingerprint density at radius 3 is 2.50 bits per heavy atom.